The molecule has 4 nitrogen and oxygen atoms in total. The molecule has 21 heavy (non-hydrogen) atoms. The van der Waals surface area contributed by atoms with Crippen molar-refractivity contribution < 1.29 is 9.84 Å². The van der Waals surface area contributed by atoms with Gasteiger partial charge >= 0.3 is 0 Å². The topological polar surface area (TPSA) is 65.3 Å². The van der Waals surface area contributed by atoms with Gasteiger partial charge in [0.2, 0.25) is 0 Å². The molecule has 1 fully saturated rings. The summed E-state index contributed by atoms with van der Waals surface area (Å²) in [6.07, 6.45) is 7.19. The number of para-hydroxylation sites is 1. The Bertz CT molecular complexity index is 615. The van der Waals surface area contributed by atoms with Gasteiger partial charge in [-0.25, -0.2) is 0 Å². The van der Waals surface area contributed by atoms with Gasteiger partial charge in [-0.2, -0.15) is 0 Å². The van der Waals surface area contributed by atoms with E-state index >= 15 is 0 Å². The van der Waals surface area contributed by atoms with Gasteiger partial charge in [0.15, 0.2) is 0 Å². The van der Waals surface area contributed by atoms with Crippen molar-refractivity contribution in [3.8, 4) is 5.75 Å². The number of nitrogens with one attached hydrogen (secondary N) is 2. The SMILES string of the molecule is CC(CO)Oc1ccccc1/C(=C/C=N)C1=CNC12CC2. The first-order chi connectivity index (χ1) is 10.2. The largest absolute Gasteiger partial charge is 0.488 e. The van der Waals surface area contributed by atoms with E-state index in [0.717, 1.165) is 29.7 Å². The van der Waals surface area contributed by atoms with Gasteiger partial charge in [0.1, 0.15) is 11.9 Å². The third-order valence-corrected chi connectivity index (χ3v) is 4.06. The molecule has 1 aromatic carbocycles. The molecule has 1 aliphatic carbocycles. The first-order valence-corrected chi connectivity index (χ1v) is 7.26. The summed E-state index contributed by atoms with van der Waals surface area (Å²) in [6, 6.07) is 7.80. The maximum absolute atomic E-state index is 9.19. The molecule has 1 heterocycles. The van der Waals surface area contributed by atoms with Crippen LogP contribution in [-0.4, -0.2) is 29.6 Å². The Labute approximate surface area is 124 Å². The van der Waals surface area contributed by atoms with E-state index < -0.39 is 0 Å². The molecule has 1 aromatic rings. The van der Waals surface area contributed by atoms with Crippen LogP contribution in [0, 0.1) is 5.41 Å². The third kappa shape index (κ3) is 2.47. The fourth-order valence-electron chi connectivity index (χ4n) is 2.68. The molecule has 0 saturated heterocycles. The van der Waals surface area contributed by atoms with Gasteiger partial charge in [-0.3, -0.25) is 0 Å². The van der Waals surface area contributed by atoms with Gasteiger partial charge < -0.3 is 20.6 Å². The van der Waals surface area contributed by atoms with Crippen molar-refractivity contribution in [1.82, 2.24) is 5.32 Å². The van der Waals surface area contributed by atoms with E-state index in [1.807, 2.05) is 43.5 Å². The molecule has 1 atom stereocenters. The highest BCUT2D eigenvalue weighted by Gasteiger charge is 2.51. The van der Waals surface area contributed by atoms with E-state index in [-0.39, 0.29) is 18.2 Å². The lowest BCUT2D eigenvalue weighted by molar-refractivity contribution is 0.129. The fraction of sp³-hybridized carbons (Fsp3) is 0.353. The zero-order valence-corrected chi connectivity index (χ0v) is 12.1. The van der Waals surface area contributed by atoms with E-state index in [1.165, 1.54) is 11.8 Å². The quantitative estimate of drug-likeness (QED) is 0.703. The van der Waals surface area contributed by atoms with E-state index in [2.05, 4.69) is 5.32 Å². The number of rotatable bonds is 6. The number of benzene rings is 1. The first kappa shape index (κ1) is 13.9. The molecule has 3 N–H and O–H groups in total. The minimum atomic E-state index is -0.254. The van der Waals surface area contributed by atoms with Crippen LogP contribution in [0.1, 0.15) is 25.3 Å². The number of aliphatic hydroxyl groups excluding tert-OH is 1. The van der Waals surface area contributed by atoms with E-state index in [9.17, 15) is 5.11 Å². The summed E-state index contributed by atoms with van der Waals surface area (Å²) in [4.78, 5) is 0. The third-order valence-electron chi connectivity index (χ3n) is 4.06. The number of hydrogen-bond acceptors (Lipinski definition) is 4. The van der Waals surface area contributed by atoms with Crippen molar-refractivity contribution in [3.63, 3.8) is 0 Å². The lowest BCUT2D eigenvalue weighted by atomic mass is 9.87. The van der Waals surface area contributed by atoms with Gasteiger partial charge in [-0.1, -0.05) is 18.2 Å². The molecule has 0 bridgehead atoms. The Kier molecular flexibility index (Phi) is 3.55. The summed E-state index contributed by atoms with van der Waals surface area (Å²) in [5.74, 6) is 0.746. The van der Waals surface area contributed by atoms with Gasteiger partial charge in [-0.15, -0.1) is 0 Å². The van der Waals surface area contributed by atoms with Crippen molar-refractivity contribution in [1.29, 1.82) is 5.41 Å². The van der Waals surface area contributed by atoms with Crippen LogP contribution in [0.5, 0.6) is 5.75 Å². The molecular weight excluding hydrogens is 264 g/mol. The van der Waals surface area contributed by atoms with Crippen molar-refractivity contribution in [3.05, 3.63) is 47.7 Å². The predicted molar refractivity (Wildman–Crippen MR) is 83.6 cm³/mol. The molecule has 0 aromatic heterocycles. The second kappa shape index (κ2) is 5.37. The molecule has 1 aliphatic heterocycles. The van der Waals surface area contributed by atoms with Crippen LogP contribution in [0.15, 0.2) is 42.1 Å². The zero-order chi connectivity index (χ0) is 14.9. The Balaban J connectivity index is 1.97. The van der Waals surface area contributed by atoms with Crippen molar-refractivity contribution >= 4 is 11.8 Å². The average molecular weight is 284 g/mol. The molecular formula is C17H20N2O2. The Morgan fingerprint density at radius 3 is 2.81 bits per heavy atom. The molecule has 4 heteroatoms. The molecule has 110 valence electrons. The van der Waals surface area contributed by atoms with Gasteiger partial charge in [0.25, 0.3) is 0 Å². The highest BCUT2D eigenvalue weighted by molar-refractivity contribution is 5.94. The monoisotopic (exact) mass is 284 g/mol. The summed E-state index contributed by atoms with van der Waals surface area (Å²) in [5, 5.41) is 20.0. The second-order valence-electron chi connectivity index (χ2n) is 5.64. The summed E-state index contributed by atoms with van der Waals surface area (Å²) < 4.78 is 5.82. The maximum Gasteiger partial charge on any atom is 0.127 e. The Hall–Kier alpha value is -2.07. The second-order valence-corrected chi connectivity index (χ2v) is 5.64. The van der Waals surface area contributed by atoms with Crippen LogP contribution in [-0.2, 0) is 0 Å². The first-order valence-electron chi connectivity index (χ1n) is 7.26. The number of hydrogen-bond donors (Lipinski definition) is 3. The van der Waals surface area contributed by atoms with Crippen LogP contribution < -0.4 is 10.1 Å². The number of aliphatic hydroxyl groups is 1. The van der Waals surface area contributed by atoms with Gasteiger partial charge in [0, 0.05) is 23.6 Å². The van der Waals surface area contributed by atoms with Crippen LogP contribution in [0.4, 0.5) is 0 Å². The fourth-order valence-corrected chi connectivity index (χ4v) is 2.68. The number of allylic oxidation sites excluding steroid dienone is 1. The molecule has 0 amide bonds. The molecule has 0 radical (unpaired) electrons. The van der Waals surface area contributed by atoms with Crippen LogP contribution in [0.3, 0.4) is 0 Å². The maximum atomic E-state index is 9.19. The molecule has 2 aliphatic rings. The summed E-state index contributed by atoms with van der Waals surface area (Å²) in [6.45, 7) is 1.81. The molecule has 3 rings (SSSR count). The van der Waals surface area contributed by atoms with E-state index in [4.69, 9.17) is 10.1 Å². The van der Waals surface area contributed by atoms with E-state index in [1.54, 1.807) is 0 Å². The molecule has 1 unspecified atom stereocenters. The van der Waals surface area contributed by atoms with Gasteiger partial charge in [-0.05, 0) is 37.5 Å². The summed E-state index contributed by atoms with van der Waals surface area (Å²) in [5.41, 5.74) is 3.38. The summed E-state index contributed by atoms with van der Waals surface area (Å²) >= 11 is 0. The lowest BCUT2D eigenvalue weighted by Crippen LogP contribution is -2.39. The lowest BCUT2D eigenvalue weighted by Gasteiger charge is -2.32. The zero-order valence-electron chi connectivity index (χ0n) is 12.1. The normalized spacial score (nSPS) is 20.1. The highest BCUT2D eigenvalue weighted by Crippen LogP contribution is 2.52. The minimum absolute atomic E-state index is 0.0217. The average Bonchev–Trinajstić information content (AvgIpc) is 3.29. The molecule has 1 saturated carbocycles. The summed E-state index contributed by atoms with van der Waals surface area (Å²) in [7, 11) is 0. The minimum Gasteiger partial charge on any atom is -0.488 e. The number of ether oxygens (including phenoxy) is 1. The molecule has 1 spiro atoms. The predicted octanol–water partition coefficient (Wildman–Crippen LogP) is 2.50. The van der Waals surface area contributed by atoms with Crippen molar-refractivity contribution in [2.75, 3.05) is 6.61 Å². The Morgan fingerprint density at radius 1 is 1.48 bits per heavy atom. The standard InChI is InChI=1S/C17H20N2O2/c1-12(11-20)21-16-5-3-2-4-14(16)13(6-9-18)15-10-19-17(15)7-8-17/h2-6,9-10,12,18-20H,7-8,11H2,1H3/b13-6-,18-9?. The van der Waals surface area contributed by atoms with Crippen LogP contribution in [0.2, 0.25) is 0 Å². The smallest absolute Gasteiger partial charge is 0.127 e. The van der Waals surface area contributed by atoms with Gasteiger partial charge in [0.05, 0.1) is 12.1 Å². The Morgan fingerprint density at radius 2 is 2.24 bits per heavy atom. The van der Waals surface area contributed by atoms with E-state index in [0.29, 0.717) is 0 Å². The van der Waals surface area contributed by atoms with Crippen molar-refractivity contribution in [2.45, 2.75) is 31.4 Å². The van der Waals surface area contributed by atoms with Crippen LogP contribution in [0.25, 0.3) is 5.57 Å². The van der Waals surface area contributed by atoms with Crippen molar-refractivity contribution in [2.24, 2.45) is 0 Å². The highest BCUT2D eigenvalue weighted by atomic mass is 16.5. The van der Waals surface area contributed by atoms with Crippen LogP contribution >= 0.6 is 0 Å².